The summed E-state index contributed by atoms with van der Waals surface area (Å²) in [7, 11) is 9.53. The van der Waals surface area contributed by atoms with Crippen molar-refractivity contribution in [2.75, 3.05) is 10.6 Å². The van der Waals surface area contributed by atoms with Gasteiger partial charge in [-0.15, -0.1) is 0 Å². The van der Waals surface area contributed by atoms with Gasteiger partial charge in [0.25, 0.3) is 0 Å². The monoisotopic (exact) mass is 928 g/mol. The maximum absolute atomic E-state index is 4.76. The molecule has 1 aliphatic rings. The number of hydrogen-bond acceptors (Lipinski definition) is 2. The molecule has 6 aromatic carbocycles. The van der Waals surface area contributed by atoms with Gasteiger partial charge in [0.1, 0.15) is 6.04 Å². The zero-order valence-corrected chi connectivity index (χ0v) is 40.7. The van der Waals surface area contributed by atoms with Crippen LogP contribution in [-0.2, 0) is 13.1 Å². The molecular formula is C58H64Cl2FeN3+. The second-order valence-electron chi connectivity index (χ2n) is 17.7. The Morgan fingerprint density at radius 1 is 0.516 bits per heavy atom. The Balaban J connectivity index is 0.00000199. The number of aromatic nitrogens is 1. The van der Waals surface area contributed by atoms with E-state index in [0.717, 1.165) is 0 Å². The van der Waals surface area contributed by atoms with Crippen LogP contribution < -0.4 is 15.2 Å². The van der Waals surface area contributed by atoms with E-state index in [1.54, 1.807) is 0 Å². The van der Waals surface area contributed by atoms with Gasteiger partial charge < -0.3 is 10.6 Å². The molecule has 0 spiro atoms. The molecular weight excluding hydrogens is 865 g/mol. The number of anilines is 2. The molecule has 64 heavy (non-hydrogen) atoms. The van der Waals surface area contributed by atoms with Gasteiger partial charge >= 0.3 is 33.3 Å². The fourth-order valence-corrected chi connectivity index (χ4v) is 10.2. The first kappa shape index (κ1) is 47.1. The van der Waals surface area contributed by atoms with E-state index in [-0.39, 0.29) is 37.2 Å². The van der Waals surface area contributed by atoms with E-state index in [0.29, 0.717) is 5.92 Å². The third-order valence-electron chi connectivity index (χ3n) is 13.1. The standard InChI is InChI=1S/C58H64N3.2ClH.Fe/c1-41-37-42(2)57(43(3)38-41)60-45(5)61-36-24-23-35-54(61)44(4)59-58-52(46-25-13-7-6-8-14-26-46)39-51(55(47-27-15-9-16-28-47)48-29-17-10-18-30-48)40-53(58)56(49-31-19-11-20-32-49)50-33-21-12-22-34-50;;;/h9-12,15-24,27-40,44-46,55-56,59-60H,6-8,13-14,25-26H2,1-5H3;2*1H;/q+1;;;+2/p-2. The van der Waals surface area contributed by atoms with E-state index in [1.807, 2.05) is 0 Å². The van der Waals surface area contributed by atoms with Crippen molar-refractivity contribution in [3.05, 3.63) is 231 Å². The Bertz CT molecular complexity index is 2410. The summed E-state index contributed by atoms with van der Waals surface area (Å²) in [4.78, 5) is 0. The number of nitrogens with one attached hydrogen (secondary N) is 2. The number of aryl methyl sites for hydroxylation is 3. The molecule has 0 aliphatic heterocycles. The Labute approximate surface area is 398 Å². The topological polar surface area (TPSA) is 27.9 Å². The molecule has 2 unspecified atom stereocenters. The van der Waals surface area contributed by atoms with Crippen molar-refractivity contribution in [1.82, 2.24) is 0 Å². The molecule has 0 bridgehead atoms. The predicted octanol–water partition coefficient (Wildman–Crippen LogP) is 16.3. The number of pyridine rings is 1. The van der Waals surface area contributed by atoms with Gasteiger partial charge in [-0.25, -0.2) is 0 Å². The molecule has 0 radical (unpaired) electrons. The quantitative estimate of drug-likeness (QED) is 0.0685. The third kappa shape index (κ3) is 11.7. The minimum atomic E-state index is 0.00816. The molecule has 8 rings (SSSR count). The average Bonchev–Trinajstić information content (AvgIpc) is 3.30. The van der Waals surface area contributed by atoms with E-state index < -0.39 is 0 Å². The van der Waals surface area contributed by atoms with Gasteiger partial charge in [-0.05, 0) is 96.5 Å². The summed E-state index contributed by atoms with van der Waals surface area (Å²) >= 11 is 0.194. The molecule has 7 aromatic rings. The third-order valence-corrected chi connectivity index (χ3v) is 13.1. The summed E-state index contributed by atoms with van der Waals surface area (Å²) in [6.07, 6.45) is 11.2. The Morgan fingerprint density at radius 2 is 0.969 bits per heavy atom. The normalized spacial score (nSPS) is 14.3. The maximum atomic E-state index is 4.76. The molecule has 332 valence electrons. The molecule has 3 nitrogen and oxygen atoms in total. The number of nitrogens with zero attached hydrogens (tertiary/aromatic N) is 1. The zero-order valence-electron chi connectivity index (χ0n) is 38.1. The van der Waals surface area contributed by atoms with Gasteiger partial charge in [-0.2, -0.15) is 4.57 Å². The van der Waals surface area contributed by atoms with Crippen LogP contribution in [-0.4, -0.2) is 0 Å². The summed E-state index contributed by atoms with van der Waals surface area (Å²) < 4.78 is 2.42. The van der Waals surface area contributed by atoms with Crippen LogP contribution in [0.1, 0.15) is 150 Å². The van der Waals surface area contributed by atoms with Crippen LogP contribution in [0.15, 0.2) is 170 Å². The van der Waals surface area contributed by atoms with Gasteiger partial charge in [0.05, 0.1) is 0 Å². The number of benzene rings is 6. The Kier molecular flexibility index (Phi) is 17.2. The summed E-state index contributed by atoms with van der Waals surface area (Å²) in [5, 5.41) is 8.25. The Hall–Kier alpha value is -4.83. The van der Waals surface area contributed by atoms with Crippen molar-refractivity contribution in [1.29, 1.82) is 0 Å². The fourth-order valence-electron chi connectivity index (χ4n) is 10.2. The zero-order chi connectivity index (χ0) is 44.8. The van der Waals surface area contributed by atoms with Crippen LogP contribution in [0.4, 0.5) is 11.4 Å². The van der Waals surface area contributed by atoms with Gasteiger partial charge in [0.15, 0.2) is 6.20 Å². The van der Waals surface area contributed by atoms with Crippen LogP contribution in [0.5, 0.6) is 0 Å². The molecule has 1 aliphatic carbocycles. The first-order valence-electron chi connectivity index (χ1n) is 23.1. The van der Waals surface area contributed by atoms with Crippen LogP contribution >= 0.6 is 20.2 Å². The number of rotatable bonds is 13. The van der Waals surface area contributed by atoms with Gasteiger partial charge in [-0.1, -0.05) is 189 Å². The summed E-state index contributed by atoms with van der Waals surface area (Å²) in [5.74, 6) is 0.556. The molecule has 1 saturated carbocycles. The van der Waals surface area contributed by atoms with Crippen molar-refractivity contribution in [3.8, 4) is 0 Å². The van der Waals surface area contributed by atoms with Gasteiger partial charge in [-0.3, -0.25) is 0 Å². The summed E-state index contributed by atoms with van der Waals surface area (Å²) in [6, 6.07) is 61.2. The van der Waals surface area contributed by atoms with Crippen LogP contribution in [0.25, 0.3) is 0 Å². The van der Waals surface area contributed by atoms with Crippen LogP contribution in [0, 0.1) is 20.8 Å². The van der Waals surface area contributed by atoms with E-state index in [9.17, 15) is 0 Å². The second kappa shape index (κ2) is 23.4. The summed E-state index contributed by atoms with van der Waals surface area (Å²) in [5.41, 5.74) is 17.0. The molecule has 1 aromatic heterocycles. The van der Waals surface area contributed by atoms with Crippen molar-refractivity contribution in [3.63, 3.8) is 0 Å². The van der Waals surface area contributed by atoms with Crippen molar-refractivity contribution in [2.24, 2.45) is 0 Å². The first-order chi connectivity index (χ1) is 31.3. The molecule has 2 N–H and O–H groups in total. The molecule has 2 atom stereocenters. The van der Waals surface area contributed by atoms with Crippen molar-refractivity contribution in [2.45, 2.75) is 110 Å². The van der Waals surface area contributed by atoms with Crippen LogP contribution in [0.3, 0.4) is 0 Å². The average molecular weight is 930 g/mol. The van der Waals surface area contributed by atoms with E-state index in [2.05, 4.69) is 220 Å². The molecule has 0 amide bonds. The molecule has 1 fully saturated rings. The second-order valence-corrected chi connectivity index (χ2v) is 19.5. The first-order valence-corrected chi connectivity index (χ1v) is 26.1. The van der Waals surface area contributed by atoms with E-state index in [1.165, 1.54) is 118 Å². The predicted molar refractivity (Wildman–Crippen MR) is 269 cm³/mol. The summed E-state index contributed by atoms with van der Waals surface area (Å²) in [6.45, 7) is 11.3. The van der Waals surface area contributed by atoms with Crippen LogP contribution in [0.2, 0.25) is 0 Å². The Morgan fingerprint density at radius 3 is 1.47 bits per heavy atom. The van der Waals surface area contributed by atoms with Gasteiger partial charge in [0.2, 0.25) is 11.9 Å². The SMILES string of the molecule is Cc1cc(C)c(NC(C)[n+]2ccccc2C(C)Nc2c(C3CCCCCCC3)cc(C(c3ccccc3)c3ccccc3)cc2C(c2ccccc2)c2ccccc2)c(C)c1.[Cl][Fe][Cl]. The van der Waals surface area contributed by atoms with Gasteiger partial charge in [0, 0.05) is 42.3 Å². The fraction of sp³-hybridized carbons (Fsp3) is 0.293. The molecule has 1 heterocycles. The minimum absolute atomic E-state index is 0.00816. The number of hydrogen-bond donors (Lipinski definition) is 2. The molecule has 6 heteroatoms. The van der Waals surface area contributed by atoms with E-state index >= 15 is 0 Å². The van der Waals surface area contributed by atoms with Crippen molar-refractivity contribution >= 4 is 31.6 Å². The van der Waals surface area contributed by atoms with E-state index in [4.69, 9.17) is 20.2 Å². The number of halogens is 2. The van der Waals surface area contributed by atoms with Crippen molar-refractivity contribution < 1.29 is 17.7 Å². The molecule has 0 saturated heterocycles.